The molecule has 0 unspecified atom stereocenters. The highest BCUT2D eigenvalue weighted by atomic mass is 32.1. The summed E-state index contributed by atoms with van der Waals surface area (Å²) in [6.45, 7) is 6.15. The number of nitrogens with zero attached hydrogens (tertiary/aromatic N) is 3. The van der Waals surface area contributed by atoms with Crippen molar-refractivity contribution in [3.63, 3.8) is 0 Å². The van der Waals surface area contributed by atoms with Crippen molar-refractivity contribution >= 4 is 16.3 Å². The van der Waals surface area contributed by atoms with Crippen LogP contribution in [0.15, 0.2) is 22.8 Å². The van der Waals surface area contributed by atoms with Crippen LogP contribution in [0, 0.1) is 0 Å². The van der Waals surface area contributed by atoms with Gasteiger partial charge in [-0.1, -0.05) is 32.1 Å². The molecule has 1 N–H and O–H groups in total. The molecule has 0 aliphatic rings. The van der Waals surface area contributed by atoms with Gasteiger partial charge in [-0.3, -0.25) is 0 Å². The fourth-order valence-electron chi connectivity index (χ4n) is 2.03. The number of furan rings is 1. The highest BCUT2D eigenvalue weighted by Crippen LogP contribution is 2.31. The second kappa shape index (κ2) is 4.18. The van der Waals surface area contributed by atoms with Crippen molar-refractivity contribution < 1.29 is 9.52 Å². The summed E-state index contributed by atoms with van der Waals surface area (Å²) >= 11 is 1.46. The van der Waals surface area contributed by atoms with E-state index in [1.165, 1.54) is 11.3 Å². The van der Waals surface area contributed by atoms with Crippen LogP contribution in [0.5, 0.6) is 0 Å². The van der Waals surface area contributed by atoms with Crippen LogP contribution in [-0.4, -0.2) is 19.7 Å². The summed E-state index contributed by atoms with van der Waals surface area (Å²) in [5.74, 6) is 0.719. The molecule has 19 heavy (non-hydrogen) atoms. The summed E-state index contributed by atoms with van der Waals surface area (Å²) in [4.78, 5) is 5.38. The average molecular weight is 277 g/mol. The smallest absolute Gasteiger partial charge is 0.213 e. The molecule has 100 valence electrons. The van der Waals surface area contributed by atoms with Crippen LogP contribution >= 0.6 is 11.3 Å². The molecule has 5 nitrogen and oxygen atoms in total. The number of hydrogen-bond acceptors (Lipinski definition) is 5. The van der Waals surface area contributed by atoms with E-state index in [1.807, 2.05) is 12.1 Å². The topological polar surface area (TPSA) is 63.6 Å². The summed E-state index contributed by atoms with van der Waals surface area (Å²) in [5.41, 5.74) is 1.52. The summed E-state index contributed by atoms with van der Waals surface area (Å²) in [6.07, 6.45) is 1.62. The van der Waals surface area contributed by atoms with Gasteiger partial charge in [0.05, 0.1) is 24.3 Å². The molecule has 0 aliphatic heterocycles. The van der Waals surface area contributed by atoms with E-state index in [-0.39, 0.29) is 12.0 Å². The van der Waals surface area contributed by atoms with E-state index in [2.05, 4.69) is 30.9 Å². The van der Waals surface area contributed by atoms with Gasteiger partial charge in [-0.15, -0.1) is 0 Å². The highest BCUT2D eigenvalue weighted by Gasteiger charge is 2.25. The maximum Gasteiger partial charge on any atom is 0.213 e. The molecule has 0 aromatic carbocycles. The lowest BCUT2D eigenvalue weighted by molar-refractivity contribution is 0.270. The van der Waals surface area contributed by atoms with Crippen molar-refractivity contribution in [1.29, 1.82) is 0 Å². The minimum Gasteiger partial charge on any atom is -0.462 e. The molecule has 3 aromatic heterocycles. The molecule has 0 fully saturated rings. The van der Waals surface area contributed by atoms with Gasteiger partial charge in [0.15, 0.2) is 10.8 Å². The molecule has 0 saturated carbocycles. The fraction of sp³-hybridized carbons (Fsp3) is 0.385. The van der Waals surface area contributed by atoms with Gasteiger partial charge in [-0.25, -0.2) is 9.50 Å². The Kier molecular flexibility index (Phi) is 2.72. The van der Waals surface area contributed by atoms with Gasteiger partial charge in [0.1, 0.15) is 0 Å². The van der Waals surface area contributed by atoms with Crippen LogP contribution in [0.1, 0.15) is 32.2 Å². The maximum atomic E-state index is 9.59. The van der Waals surface area contributed by atoms with E-state index in [4.69, 9.17) is 4.42 Å². The Balaban J connectivity index is 2.19. The summed E-state index contributed by atoms with van der Waals surface area (Å²) < 4.78 is 7.05. The van der Waals surface area contributed by atoms with Crippen LogP contribution in [-0.2, 0) is 12.0 Å². The van der Waals surface area contributed by atoms with Gasteiger partial charge in [-0.2, -0.15) is 5.10 Å². The van der Waals surface area contributed by atoms with E-state index in [0.717, 1.165) is 27.1 Å². The molecule has 0 radical (unpaired) electrons. The van der Waals surface area contributed by atoms with Gasteiger partial charge >= 0.3 is 0 Å². The molecule has 3 rings (SSSR count). The lowest BCUT2D eigenvalue weighted by Gasteiger charge is -2.16. The summed E-state index contributed by atoms with van der Waals surface area (Å²) in [5, 5.41) is 14.8. The molecule has 3 aromatic rings. The van der Waals surface area contributed by atoms with Crippen LogP contribution in [0.25, 0.3) is 15.7 Å². The Bertz CT molecular complexity index is 704. The Morgan fingerprint density at radius 1 is 1.42 bits per heavy atom. The third-order valence-electron chi connectivity index (χ3n) is 2.89. The second-order valence-electron chi connectivity index (χ2n) is 5.39. The normalized spacial score (nSPS) is 12.4. The monoisotopic (exact) mass is 277 g/mol. The van der Waals surface area contributed by atoms with Crippen LogP contribution < -0.4 is 0 Å². The third kappa shape index (κ3) is 1.97. The number of rotatable bonds is 2. The maximum absolute atomic E-state index is 9.59. The number of aliphatic hydroxyl groups is 1. The van der Waals surface area contributed by atoms with E-state index in [1.54, 1.807) is 10.8 Å². The van der Waals surface area contributed by atoms with Gasteiger partial charge < -0.3 is 9.52 Å². The molecule has 3 heterocycles. The quantitative estimate of drug-likeness (QED) is 0.782. The third-order valence-corrected chi connectivity index (χ3v) is 3.81. The van der Waals surface area contributed by atoms with Crippen molar-refractivity contribution in [2.45, 2.75) is 32.8 Å². The molecule has 0 amide bonds. The molecular weight excluding hydrogens is 262 g/mol. The first-order valence-electron chi connectivity index (χ1n) is 6.04. The van der Waals surface area contributed by atoms with Crippen LogP contribution in [0.4, 0.5) is 0 Å². The van der Waals surface area contributed by atoms with Crippen molar-refractivity contribution in [3.8, 4) is 10.8 Å². The average Bonchev–Trinajstić information content (AvgIpc) is 3.01. The van der Waals surface area contributed by atoms with Crippen LogP contribution in [0.3, 0.4) is 0 Å². The number of imidazole rings is 1. The predicted octanol–water partition coefficient (Wildman–Crippen LogP) is 2.84. The number of fused-ring (bicyclic) bond motifs is 1. The first kappa shape index (κ1) is 12.4. The molecule has 0 saturated heterocycles. The van der Waals surface area contributed by atoms with Gasteiger partial charge in [-0.05, 0) is 12.1 Å². The predicted molar refractivity (Wildman–Crippen MR) is 73.2 cm³/mol. The van der Waals surface area contributed by atoms with E-state index in [9.17, 15) is 5.11 Å². The minimum atomic E-state index is -0.115. The van der Waals surface area contributed by atoms with E-state index < -0.39 is 0 Å². The fourth-order valence-corrected chi connectivity index (χ4v) is 2.92. The zero-order valence-electron chi connectivity index (χ0n) is 11.0. The molecule has 0 spiro atoms. The molecule has 0 bridgehead atoms. The van der Waals surface area contributed by atoms with Crippen molar-refractivity contribution in [1.82, 2.24) is 14.6 Å². The Labute approximate surface area is 114 Å². The largest absolute Gasteiger partial charge is 0.462 e. The first-order chi connectivity index (χ1) is 9.00. The minimum absolute atomic E-state index is 0.0743. The van der Waals surface area contributed by atoms with Crippen molar-refractivity contribution in [2.75, 3.05) is 0 Å². The van der Waals surface area contributed by atoms with E-state index >= 15 is 0 Å². The highest BCUT2D eigenvalue weighted by molar-refractivity contribution is 7.19. The van der Waals surface area contributed by atoms with Crippen molar-refractivity contribution in [3.05, 3.63) is 29.8 Å². The Morgan fingerprint density at radius 2 is 2.21 bits per heavy atom. The lowest BCUT2D eigenvalue weighted by atomic mass is 9.91. The second-order valence-corrected chi connectivity index (χ2v) is 6.35. The van der Waals surface area contributed by atoms with Gasteiger partial charge in [0.2, 0.25) is 4.96 Å². The van der Waals surface area contributed by atoms with Crippen molar-refractivity contribution in [2.24, 2.45) is 0 Å². The number of aliphatic hydroxyl groups excluding tert-OH is 1. The Morgan fingerprint density at radius 3 is 2.79 bits per heavy atom. The van der Waals surface area contributed by atoms with E-state index in [0.29, 0.717) is 0 Å². The molecular formula is C13H15N3O2S. The van der Waals surface area contributed by atoms with Crippen LogP contribution in [0.2, 0.25) is 0 Å². The van der Waals surface area contributed by atoms with Gasteiger partial charge in [0.25, 0.3) is 0 Å². The standard InChI is InChI=1S/C13H15N3O2S/c1-13(2,3)10-8(7-17)16-12(14-10)19-11(15-16)9-5-4-6-18-9/h4-6,17H,7H2,1-3H3. The summed E-state index contributed by atoms with van der Waals surface area (Å²) in [7, 11) is 0. The van der Waals surface area contributed by atoms with Gasteiger partial charge in [0, 0.05) is 5.41 Å². The number of aromatic nitrogens is 3. The summed E-state index contributed by atoms with van der Waals surface area (Å²) in [6, 6.07) is 3.69. The number of hydrogen-bond donors (Lipinski definition) is 1. The Hall–Kier alpha value is -1.66. The molecule has 0 aliphatic carbocycles. The molecule has 0 atom stereocenters. The zero-order valence-corrected chi connectivity index (χ0v) is 11.9. The zero-order chi connectivity index (χ0) is 13.6. The SMILES string of the molecule is CC(C)(C)c1nc2sc(-c3ccco3)nn2c1CO. The molecule has 6 heteroatoms. The first-order valence-corrected chi connectivity index (χ1v) is 6.86. The lowest BCUT2D eigenvalue weighted by Crippen LogP contribution is -2.15.